The van der Waals surface area contributed by atoms with Gasteiger partial charge in [-0.15, -0.1) is 12.4 Å². The SMILES string of the molecule is CCCCCN(Cc1ccc(Cl)cc1)C(=O)[C@H](C)N.Cl. The minimum Gasteiger partial charge on any atom is -0.337 e. The lowest BCUT2D eigenvalue weighted by Gasteiger charge is -2.24. The highest BCUT2D eigenvalue weighted by Gasteiger charge is 2.17. The summed E-state index contributed by atoms with van der Waals surface area (Å²) >= 11 is 5.86. The smallest absolute Gasteiger partial charge is 0.239 e. The first-order chi connectivity index (χ1) is 9.04. The van der Waals surface area contributed by atoms with E-state index in [1.807, 2.05) is 29.2 Å². The Bertz CT molecular complexity index is 393. The number of hydrogen-bond acceptors (Lipinski definition) is 2. The van der Waals surface area contributed by atoms with Gasteiger partial charge in [0.2, 0.25) is 5.91 Å². The number of unbranched alkanes of at least 4 members (excludes halogenated alkanes) is 2. The second-order valence-corrected chi connectivity index (χ2v) is 5.32. The van der Waals surface area contributed by atoms with Crippen molar-refractivity contribution in [2.75, 3.05) is 6.54 Å². The molecule has 0 aliphatic heterocycles. The Hall–Kier alpha value is -0.770. The lowest BCUT2D eigenvalue weighted by Crippen LogP contribution is -2.42. The van der Waals surface area contributed by atoms with Crippen molar-refractivity contribution in [1.82, 2.24) is 4.90 Å². The van der Waals surface area contributed by atoms with E-state index < -0.39 is 6.04 Å². The van der Waals surface area contributed by atoms with E-state index in [4.69, 9.17) is 17.3 Å². The molecule has 1 rings (SSSR count). The summed E-state index contributed by atoms with van der Waals surface area (Å²) in [6.07, 6.45) is 3.28. The maximum atomic E-state index is 12.1. The molecule has 2 N–H and O–H groups in total. The van der Waals surface area contributed by atoms with Gasteiger partial charge in [0, 0.05) is 18.1 Å². The third-order valence-electron chi connectivity index (χ3n) is 3.02. The van der Waals surface area contributed by atoms with E-state index in [-0.39, 0.29) is 18.3 Å². The predicted molar refractivity (Wildman–Crippen MR) is 87.3 cm³/mol. The number of amides is 1. The highest BCUT2D eigenvalue weighted by atomic mass is 35.5. The molecule has 0 unspecified atom stereocenters. The molecule has 0 aromatic heterocycles. The van der Waals surface area contributed by atoms with E-state index >= 15 is 0 Å². The zero-order chi connectivity index (χ0) is 14.3. The highest BCUT2D eigenvalue weighted by Crippen LogP contribution is 2.13. The second-order valence-electron chi connectivity index (χ2n) is 4.88. The maximum Gasteiger partial charge on any atom is 0.239 e. The molecule has 1 atom stereocenters. The van der Waals surface area contributed by atoms with Crippen molar-refractivity contribution >= 4 is 29.9 Å². The molecule has 0 saturated carbocycles. The Labute approximate surface area is 132 Å². The van der Waals surface area contributed by atoms with Gasteiger partial charge in [0.1, 0.15) is 0 Å². The Morgan fingerprint density at radius 3 is 2.40 bits per heavy atom. The average Bonchev–Trinajstić information content (AvgIpc) is 2.39. The molecule has 0 radical (unpaired) electrons. The molecule has 0 saturated heterocycles. The quantitative estimate of drug-likeness (QED) is 0.780. The Morgan fingerprint density at radius 2 is 1.90 bits per heavy atom. The van der Waals surface area contributed by atoms with Crippen LogP contribution in [-0.2, 0) is 11.3 Å². The van der Waals surface area contributed by atoms with Gasteiger partial charge in [0.15, 0.2) is 0 Å². The van der Waals surface area contributed by atoms with Crippen LogP contribution in [0, 0.1) is 0 Å². The molecular formula is C15H24Cl2N2O. The van der Waals surface area contributed by atoms with Crippen LogP contribution < -0.4 is 5.73 Å². The Kier molecular flexibility index (Phi) is 9.64. The topological polar surface area (TPSA) is 46.3 Å². The summed E-state index contributed by atoms with van der Waals surface area (Å²) in [4.78, 5) is 13.9. The summed E-state index contributed by atoms with van der Waals surface area (Å²) in [6.45, 7) is 5.24. The first kappa shape index (κ1) is 19.2. The second kappa shape index (κ2) is 10.0. The zero-order valence-corrected chi connectivity index (χ0v) is 13.7. The molecule has 1 aromatic carbocycles. The van der Waals surface area contributed by atoms with Crippen LogP contribution in [0.3, 0.4) is 0 Å². The van der Waals surface area contributed by atoms with E-state index in [9.17, 15) is 4.79 Å². The minimum atomic E-state index is -0.450. The number of halogens is 2. The molecule has 3 nitrogen and oxygen atoms in total. The van der Waals surface area contributed by atoms with Gasteiger partial charge < -0.3 is 10.6 Å². The third kappa shape index (κ3) is 6.60. The summed E-state index contributed by atoms with van der Waals surface area (Å²) < 4.78 is 0. The number of nitrogens with two attached hydrogens (primary N) is 1. The number of nitrogens with zero attached hydrogens (tertiary/aromatic N) is 1. The molecule has 0 aliphatic rings. The molecule has 0 bridgehead atoms. The van der Waals surface area contributed by atoms with E-state index in [0.29, 0.717) is 11.6 Å². The van der Waals surface area contributed by atoms with Gasteiger partial charge in [-0.05, 0) is 31.0 Å². The number of carbonyl (C=O) groups excluding carboxylic acids is 1. The van der Waals surface area contributed by atoms with Crippen molar-refractivity contribution in [3.8, 4) is 0 Å². The monoisotopic (exact) mass is 318 g/mol. The number of hydrogen-bond donors (Lipinski definition) is 1. The molecule has 0 heterocycles. The molecule has 1 aromatic rings. The number of rotatable bonds is 7. The van der Waals surface area contributed by atoms with Crippen LogP contribution >= 0.6 is 24.0 Å². The van der Waals surface area contributed by atoms with Crippen LogP contribution in [0.1, 0.15) is 38.7 Å². The molecule has 20 heavy (non-hydrogen) atoms. The van der Waals surface area contributed by atoms with Crippen molar-refractivity contribution in [2.45, 2.75) is 45.7 Å². The van der Waals surface area contributed by atoms with Gasteiger partial charge in [0.05, 0.1) is 6.04 Å². The summed E-state index contributed by atoms with van der Waals surface area (Å²) in [7, 11) is 0. The van der Waals surface area contributed by atoms with Crippen molar-refractivity contribution < 1.29 is 4.79 Å². The molecule has 0 spiro atoms. The summed E-state index contributed by atoms with van der Waals surface area (Å²) in [5.41, 5.74) is 6.79. The average molecular weight is 319 g/mol. The normalized spacial score (nSPS) is 11.6. The fourth-order valence-electron chi connectivity index (χ4n) is 1.92. The van der Waals surface area contributed by atoms with Crippen LogP contribution in [0.5, 0.6) is 0 Å². The first-order valence-electron chi connectivity index (χ1n) is 6.83. The van der Waals surface area contributed by atoms with Gasteiger partial charge >= 0.3 is 0 Å². The minimum absolute atomic E-state index is 0. The van der Waals surface area contributed by atoms with Crippen molar-refractivity contribution in [3.63, 3.8) is 0 Å². The van der Waals surface area contributed by atoms with Crippen molar-refractivity contribution in [2.24, 2.45) is 5.73 Å². The number of carbonyl (C=O) groups is 1. The maximum absolute atomic E-state index is 12.1. The van der Waals surface area contributed by atoms with Crippen molar-refractivity contribution in [1.29, 1.82) is 0 Å². The predicted octanol–water partition coefficient (Wildman–Crippen LogP) is 3.63. The molecule has 114 valence electrons. The lowest BCUT2D eigenvalue weighted by molar-refractivity contribution is -0.132. The molecule has 0 fully saturated rings. The molecular weight excluding hydrogens is 295 g/mol. The molecule has 5 heteroatoms. The third-order valence-corrected chi connectivity index (χ3v) is 3.27. The van der Waals surface area contributed by atoms with Gasteiger partial charge in [0.25, 0.3) is 0 Å². The van der Waals surface area contributed by atoms with Crippen LogP contribution in [0.4, 0.5) is 0 Å². The number of benzene rings is 1. The highest BCUT2D eigenvalue weighted by molar-refractivity contribution is 6.30. The van der Waals surface area contributed by atoms with Gasteiger partial charge in [-0.25, -0.2) is 0 Å². The fraction of sp³-hybridized carbons (Fsp3) is 0.533. The van der Waals surface area contributed by atoms with E-state index in [1.165, 1.54) is 0 Å². The summed E-state index contributed by atoms with van der Waals surface area (Å²) in [5, 5.41) is 0.708. The van der Waals surface area contributed by atoms with Gasteiger partial charge in [-0.2, -0.15) is 0 Å². The summed E-state index contributed by atoms with van der Waals surface area (Å²) in [6, 6.07) is 7.14. The van der Waals surface area contributed by atoms with Gasteiger partial charge in [-0.3, -0.25) is 4.79 Å². The van der Waals surface area contributed by atoms with E-state index in [0.717, 1.165) is 31.4 Å². The van der Waals surface area contributed by atoms with Gasteiger partial charge in [-0.1, -0.05) is 43.5 Å². The van der Waals surface area contributed by atoms with Crippen LogP contribution in [0.25, 0.3) is 0 Å². The molecule has 1 amide bonds. The first-order valence-corrected chi connectivity index (χ1v) is 7.21. The van der Waals surface area contributed by atoms with Crippen molar-refractivity contribution in [3.05, 3.63) is 34.9 Å². The fourth-order valence-corrected chi connectivity index (χ4v) is 2.04. The Morgan fingerprint density at radius 1 is 1.30 bits per heavy atom. The van der Waals surface area contributed by atoms with E-state index in [2.05, 4.69) is 6.92 Å². The largest absolute Gasteiger partial charge is 0.337 e. The Balaban J connectivity index is 0.00000361. The van der Waals surface area contributed by atoms with Crippen LogP contribution in [0.15, 0.2) is 24.3 Å². The van der Waals surface area contributed by atoms with Crippen LogP contribution in [0.2, 0.25) is 5.02 Å². The lowest BCUT2D eigenvalue weighted by atomic mass is 10.1. The summed E-state index contributed by atoms with van der Waals surface area (Å²) in [5.74, 6) is 0.00560. The van der Waals surface area contributed by atoms with E-state index in [1.54, 1.807) is 6.92 Å². The standard InChI is InChI=1S/C15H23ClN2O.ClH/c1-3-4-5-10-18(15(19)12(2)17)11-13-6-8-14(16)9-7-13;/h6-9,12H,3-5,10-11,17H2,1-2H3;1H/t12-;/m0./s1. The molecule has 0 aliphatic carbocycles. The zero-order valence-electron chi connectivity index (χ0n) is 12.1. The van der Waals surface area contributed by atoms with Crippen LogP contribution in [-0.4, -0.2) is 23.4 Å².